The summed E-state index contributed by atoms with van der Waals surface area (Å²) in [5, 5.41) is 0. The van der Waals surface area contributed by atoms with Gasteiger partial charge in [-0.2, -0.15) is 0 Å². The third-order valence-electron chi connectivity index (χ3n) is 3.51. The minimum Gasteiger partial charge on any atom is -0.381 e. The van der Waals surface area contributed by atoms with Crippen LogP contribution in [0.5, 0.6) is 0 Å². The van der Waals surface area contributed by atoms with Crippen molar-refractivity contribution in [3.8, 4) is 0 Å². The summed E-state index contributed by atoms with van der Waals surface area (Å²) < 4.78 is 5.48. The zero-order valence-corrected chi connectivity index (χ0v) is 7.72. The van der Waals surface area contributed by atoms with Crippen LogP contribution in [-0.2, 0) is 4.74 Å². The van der Waals surface area contributed by atoms with E-state index >= 15 is 0 Å². The summed E-state index contributed by atoms with van der Waals surface area (Å²) in [6, 6.07) is 0. The van der Waals surface area contributed by atoms with E-state index in [0.717, 1.165) is 13.2 Å². The minimum absolute atomic E-state index is 0.139. The predicted molar refractivity (Wildman–Crippen MR) is 48.9 cm³/mol. The minimum atomic E-state index is 0.139. The molecule has 1 aliphatic carbocycles. The van der Waals surface area contributed by atoms with Gasteiger partial charge in [-0.15, -0.1) is 0 Å². The first-order chi connectivity index (χ1) is 5.81. The molecule has 1 atom stereocenters. The predicted octanol–water partition coefficient (Wildman–Crippen LogP) is 1.68. The molecule has 0 spiro atoms. The zero-order valence-electron chi connectivity index (χ0n) is 7.72. The van der Waals surface area contributed by atoms with Gasteiger partial charge in [0, 0.05) is 18.1 Å². The van der Waals surface area contributed by atoms with Gasteiger partial charge in [-0.25, -0.2) is 0 Å². The molecule has 2 aliphatic rings. The monoisotopic (exact) mass is 169 g/mol. The Hall–Kier alpha value is -0.0800. The third-order valence-corrected chi connectivity index (χ3v) is 3.51. The summed E-state index contributed by atoms with van der Waals surface area (Å²) in [4.78, 5) is 0. The second-order valence-electron chi connectivity index (χ2n) is 4.35. The van der Waals surface area contributed by atoms with Gasteiger partial charge in [0.25, 0.3) is 0 Å². The van der Waals surface area contributed by atoms with E-state index in [1.165, 1.54) is 38.5 Å². The van der Waals surface area contributed by atoms with Crippen molar-refractivity contribution in [2.45, 2.75) is 44.1 Å². The van der Waals surface area contributed by atoms with Gasteiger partial charge < -0.3 is 10.5 Å². The Bertz CT molecular complexity index is 146. The molecular weight excluding hydrogens is 150 g/mol. The van der Waals surface area contributed by atoms with Gasteiger partial charge in [0.1, 0.15) is 0 Å². The second kappa shape index (κ2) is 3.35. The standard InChI is InChI=1S/C10H19NO/c11-10(5-1-2-6-10)9-4-3-7-12-8-9/h9H,1-8,11H2. The summed E-state index contributed by atoms with van der Waals surface area (Å²) in [5.41, 5.74) is 6.49. The second-order valence-corrected chi connectivity index (χ2v) is 4.35. The molecule has 70 valence electrons. The molecule has 2 N–H and O–H groups in total. The van der Waals surface area contributed by atoms with Crippen LogP contribution in [0.2, 0.25) is 0 Å². The topological polar surface area (TPSA) is 35.2 Å². The fourth-order valence-corrected chi connectivity index (χ4v) is 2.64. The van der Waals surface area contributed by atoms with E-state index in [4.69, 9.17) is 10.5 Å². The lowest BCUT2D eigenvalue weighted by Gasteiger charge is -2.36. The van der Waals surface area contributed by atoms with Gasteiger partial charge in [-0.3, -0.25) is 0 Å². The van der Waals surface area contributed by atoms with Gasteiger partial charge in [-0.1, -0.05) is 12.8 Å². The van der Waals surface area contributed by atoms with Crippen molar-refractivity contribution >= 4 is 0 Å². The number of hydrogen-bond acceptors (Lipinski definition) is 2. The Morgan fingerprint density at radius 3 is 2.50 bits per heavy atom. The van der Waals surface area contributed by atoms with Gasteiger partial charge in [0.05, 0.1) is 6.61 Å². The normalized spacial score (nSPS) is 35.2. The molecule has 12 heavy (non-hydrogen) atoms. The molecule has 1 saturated carbocycles. The number of rotatable bonds is 1. The molecule has 0 aromatic heterocycles. The molecule has 2 rings (SSSR count). The molecule has 2 nitrogen and oxygen atoms in total. The molecule has 2 fully saturated rings. The Morgan fingerprint density at radius 1 is 1.17 bits per heavy atom. The maximum Gasteiger partial charge on any atom is 0.0511 e. The molecule has 1 heterocycles. The molecule has 0 bridgehead atoms. The van der Waals surface area contributed by atoms with Crippen molar-refractivity contribution < 1.29 is 4.74 Å². The molecule has 0 aromatic rings. The molecule has 0 amide bonds. The van der Waals surface area contributed by atoms with Crippen LogP contribution in [0.15, 0.2) is 0 Å². The quantitative estimate of drug-likeness (QED) is 0.648. The van der Waals surface area contributed by atoms with Crippen LogP contribution in [0, 0.1) is 5.92 Å². The van der Waals surface area contributed by atoms with E-state index in [1.807, 2.05) is 0 Å². The maximum atomic E-state index is 6.35. The molecule has 1 unspecified atom stereocenters. The van der Waals surface area contributed by atoms with Crippen LogP contribution in [0.1, 0.15) is 38.5 Å². The summed E-state index contributed by atoms with van der Waals surface area (Å²) >= 11 is 0. The van der Waals surface area contributed by atoms with Crippen LogP contribution in [-0.4, -0.2) is 18.8 Å². The highest BCUT2D eigenvalue weighted by molar-refractivity contribution is 4.95. The summed E-state index contributed by atoms with van der Waals surface area (Å²) in [6.45, 7) is 1.86. The molecule has 0 aromatic carbocycles. The van der Waals surface area contributed by atoms with E-state index in [1.54, 1.807) is 0 Å². The molecular formula is C10H19NO. The van der Waals surface area contributed by atoms with Crippen LogP contribution in [0.4, 0.5) is 0 Å². The lowest BCUT2D eigenvalue weighted by Crippen LogP contribution is -2.47. The highest BCUT2D eigenvalue weighted by atomic mass is 16.5. The highest BCUT2D eigenvalue weighted by Gasteiger charge is 2.38. The van der Waals surface area contributed by atoms with Gasteiger partial charge in [0.15, 0.2) is 0 Å². The van der Waals surface area contributed by atoms with E-state index in [2.05, 4.69) is 0 Å². The van der Waals surface area contributed by atoms with Crippen LogP contribution in [0.3, 0.4) is 0 Å². The first-order valence-corrected chi connectivity index (χ1v) is 5.18. The van der Waals surface area contributed by atoms with Crippen LogP contribution in [0.25, 0.3) is 0 Å². The van der Waals surface area contributed by atoms with E-state index in [-0.39, 0.29) is 5.54 Å². The zero-order chi connectivity index (χ0) is 8.44. The largest absolute Gasteiger partial charge is 0.381 e. The van der Waals surface area contributed by atoms with Gasteiger partial charge in [-0.05, 0) is 25.7 Å². The summed E-state index contributed by atoms with van der Waals surface area (Å²) in [5.74, 6) is 0.647. The Balaban J connectivity index is 1.96. The van der Waals surface area contributed by atoms with Crippen LogP contribution < -0.4 is 5.73 Å². The molecule has 0 radical (unpaired) electrons. The number of ether oxygens (including phenoxy) is 1. The van der Waals surface area contributed by atoms with Crippen molar-refractivity contribution in [1.82, 2.24) is 0 Å². The lowest BCUT2D eigenvalue weighted by molar-refractivity contribution is 0.0225. The maximum absolute atomic E-state index is 6.35. The Kier molecular flexibility index (Phi) is 2.37. The van der Waals surface area contributed by atoms with Crippen LogP contribution >= 0.6 is 0 Å². The van der Waals surface area contributed by atoms with Crippen molar-refractivity contribution in [2.24, 2.45) is 11.7 Å². The lowest BCUT2D eigenvalue weighted by atomic mass is 9.80. The molecule has 2 heteroatoms. The SMILES string of the molecule is NC1(C2CCCOC2)CCCC1. The average molecular weight is 169 g/mol. The fraction of sp³-hybridized carbons (Fsp3) is 1.00. The first kappa shape index (κ1) is 8.52. The Morgan fingerprint density at radius 2 is 1.92 bits per heavy atom. The third kappa shape index (κ3) is 1.50. The molecule has 1 aliphatic heterocycles. The van der Waals surface area contributed by atoms with Gasteiger partial charge in [0.2, 0.25) is 0 Å². The van der Waals surface area contributed by atoms with E-state index in [0.29, 0.717) is 5.92 Å². The van der Waals surface area contributed by atoms with E-state index < -0.39 is 0 Å². The number of nitrogens with two attached hydrogens (primary N) is 1. The van der Waals surface area contributed by atoms with E-state index in [9.17, 15) is 0 Å². The fourth-order valence-electron chi connectivity index (χ4n) is 2.64. The van der Waals surface area contributed by atoms with Crippen molar-refractivity contribution in [3.63, 3.8) is 0 Å². The highest BCUT2D eigenvalue weighted by Crippen LogP contribution is 2.37. The van der Waals surface area contributed by atoms with Gasteiger partial charge >= 0.3 is 0 Å². The van der Waals surface area contributed by atoms with Crippen molar-refractivity contribution in [1.29, 1.82) is 0 Å². The smallest absolute Gasteiger partial charge is 0.0511 e. The van der Waals surface area contributed by atoms with Crippen molar-refractivity contribution in [2.75, 3.05) is 13.2 Å². The summed E-state index contributed by atoms with van der Waals surface area (Å²) in [7, 11) is 0. The Labute approximate surface area is 74.5 Å². The summed E-state index contributed by atoms with van der Waals surface area (Å²) in [6.07, 6.45) is 7.60. The average Bonchev–Trinajstić information content (AvgIpc) is 2.55. The molecule has 1 saturated heterocycles. The van der Waals surface area contributed by atoms with Crippen molar-refractivity contribution in [3.05, 3.63) is 0 Å². The number of hydrogen-bond donors (Lipinski definition) is 1. The first-order valence-electron chi connectivity index (χ1n) is 5.18.